The molecule has 0 unspecified atom stereocenters. The molecule has 0 saturated carbocycles. The van der Waals surface area contributed by atoms with Crippen LogP contribution in [0.3, 0.4) is 0 Å². The second kappa shape index (κ2) is 7.68. The van der Waals surface area contributed by atoms with Gasteiger partial charge in [-0.2, -0.15) is 0 Å². The summed E-state index contributed by atoms with van der Waals surface area (Å²) in [5.41, 5.74) is 2.62. The van der Waals surface area contributed by atoms with Crippen LogP contribution in [0.25, 0.3) is 0 Å². The van der Waals surface area contributed by atoms with Gasteiger partial charge in [-0.15, -0.1) is 0 Å². The van der Waals surface area contributed by atoms with E-state index in [0.29, 0.717) is 0 Å². The molecule has 2 nitrogen and oxygen atoms in total. The van der Waals surface area contributed by atoms with E-state index in [9.17, 15) is 0 Å². The molecule has 2 fully saturated rings. The van der Waals surface area contributed by atoms with Gasteiger partial charge in [-0.25, -0.2) is 0 Å². The molecule has 112 valence electrons. The average Bonchev–Trinajstić information content (AvgIpc) is 2.53. The molecule has 2 aliphatic rings. The van der Waals surface area contributed by atoms with Crippen LogP contribution in [-0.2, 0) is 0 Å². The molecule has 0 N–H and O–H groups in total. The molecule has 0 aromatic carbocycles. The lowest BCUT2D eigenvalue weighted by molar-refractivity contribution is 0.105. The summed E-state index contributed by atoms with van der Waals surface area (Å²) in [4.78, 5) is 5.27. The van der Waals surface area contributed by atoms with Gasteiger partial charge in [0.15, 0.2) is 0 Å². The first-order chi connectivity index (χ1) is 9.70. The minimum Gasteiger partial charge on any atom is -0.375 e. The predicted octanol–water partition coefficient (Wildman–Crippen LogP) is 3.97. The van der Waals surface area contributed by atoms with Gasteiger partial charge in [-0.05, 0) is 58.7 Å². The molecule has 2 heterocycles. The van der Waals surface area contributed by atoms with Crippen molar-refractivity contribution in [2.24, 2.45) is 0 Å². The van der Waals surface area contributed by atoms with Crippen molar-refractivity contribution in [3.8, 4) is 0 Å². The van der Waals surface area contributed by atoms with E-state index in [-0.39, 0.29) is 0 Å². The van der Waals surface area contributed by atoms with Crippen LogP contribution in [0.4, 0.5) is 0 Å². The third kappa shape index (κ3) is 4.24. The Morgan fingerprint density at radius 3 is 2.20 bits per heavy atom. The standard InChI is InChI=1S/C18H30N2/c1-4-16(2)8-9-17(3)19-14-10-18(11-15-19)20-12-6-5-7-13-20/h4,8-9,18H,1,5-7,10-15H2,2-3H3/b16-8-,17-9+. The topological polar surface area (TPSA) is 6.48 Å². The lowest BCUT2D eigenvalue weighted by Gasteiger charge is -2.41. The van der Waals surface area contributed by atoms with Crippen LogP contribution in [0, 0.1) is 0 Å². The molecular formula is C18H30N2. The van der Waals surface area contributed by atoms with Crippen molar-refractivity contribution >= 4 is 0 Å². The minimum atomic E-state index is 0.838. The highest BCUT2D eigenvalue weighted by Crippen LogP contribution is 2.22. The van der Waals surface area contributed by atoms with E-state index in [0.717, 1.165) is 6.04 Å². The van der Waals surface area contributed by atoms with Gasteiger partial charge in [0, 0.05) is 24.8 Å². The van der Waals surface area contributed by atoms with Crippen LogP contribution < -0.4 is 0 Å². The van der Waals surface area contributed by atoms with E-state index in [2.05, 4.69) is 42.4 Å². The Hall–Kier alpha value is -1.02. The molecule has 2 rings (SSSR count). The summed E-state index contributed by atoms with van der Waals surface area (Å²) < 4.78 is 0. The normalized spacial score (nSPS) is 24.0. The number of allylic oxidation sites excluding steroid dienone is 5. The van der Waals surface area contributed by atoms with Crippen LogP contribution in [0.2, 0.25) is 0 Å². The van der Waals surface area contributed by atoms with Crippen LogP contribution in [0.15, 0.2) is 36.1 Å². The summed E-state index contributed by atoms with van der Waals surface area (Å²) in [5.74, 6) is 0. The molecule has 0 aromatic heterocycles. The quantitative estimate of drug-likeness (QED) is 0.716. The third-order valence-electron chi connectivity index (χ3n) is 4.78. The minimum absolute atomic E-state index is 0.838. The zero-order valence-corrected chi connectivity index (χ0v) is 13.3. The molecule has 0 spiro atoms. The van der Waals surface area contributed by atoms with Crippen LogP contribution in [0.5, 0.6) is 0 Å². The highest BCUT2D eigenvalue weighted by Gasteiger charge is 2.25. The SMILES string of the molecule is C=C/C(C)=C\C=C(/C)N1CCC(N2CCCCC2)CC1. The highest BCUT2D eigenvalue weighted by atomic mass is 15.2. The number of nitrogens with zero attached hydrogens (tertiary/aromatic N) is 2. The summed E-state index contributed by atoms with van der Waals surface area (Å²) >= 11 is 0. The molecule has 0 aliphatic carbocycles. The predicted molar refractivity (Wildman–Crippen MR) is 87.7 cm³/mol. The Morgan fingerprint density at radius 1 is 0.950 bits per heavy atom. The molecule has 2 saturated heterocycles. The largest absolute Gasteiger partial charge is 0.375 e. The van der Waals surface area contributed by atoms with Gasteiger partial charge >= 0.3 is 0 Å². The number of piperidine rings is 2. The summed E-state index contributed by atoms with van der Waals surface area (Å²) in [6, 6.07) is 0.838. The monoisotopic (exact) mass is 274 g/mol. The first-order valence-electron chi connectivity index (χ1n) is 8.17. The fraction of sp³-hybridized carbons (Fsp3) is 0.667. The second-order valence-corrected chi connectivity index (χ2v) is 6.24. The summed E-state index contributed by atoms with van der Waals surface area (Å²) in [6.07, 6.45) is 13.2. The average molecular weight is 274 g/mol. The van der Waals surface area contributed by atoms with Crippen molar-refractivity contribution in [3.63, 3.8) is 0 Å². The molecule has 0 aromatic rings. The fourth-order valence-electron chi connectivity index (χ4n) is 3.29. The van der Waals surface area contributed by atoms with Gasteiger partial charge in [-0.3, -0.25) is 0 Å². The van der Waals surface area contributed by atoms with Crippen molar-refractivity contribution in [2.45, 2.75) is 52.0 Å². The summed E-state index contributed by atoms with van der Waals surface area (Å²) in [7, 11) is 0. The smallest absolute Gasteiger partial charge is 0.0189 e. The number of hydrogen-bond donors (Lipinski definition) is 0. The van der Waals surface area contributed by atoms with Crippen molar-refractivity contribution in [2.75, 3.05) is 26.2 Å². The van der Waals surface area contributed by atoms with Gasteiger partial charge in [0.25, 0.3) is 0 Å². The van der Waals surface area contributed by atoms with E-state index >= 15 is 0 Å². The molecule has 0 amide bonds. The van der Waals surface area contributed by atoms with E-state index in [4.69, 9.17) is 0 Å². The Labute approximate surface area is 124 Å². The zero-order valence-electron chi connectivity index (χ0n) is 13.3. The Kier molecular flexibility index (Phi) is 5.90. The van der Waals surface area contributed by atoms with E-state index in [1.807, 2.05) is 6.08 Å². The van der Waals surface area contributed by atoms with Gasteiger partial charge in [-0.1, -0.05) is 30.7 Å². The Morgan fingerprint density at radius 2 is 1.60 bits per heavy atom. The number of rotatable bonds is 4. The first-order valence-corrected chi connectivity index (χ1v) is 8.17. The molecule has 2 heteroatoms. The van der Waals surface area contributed by atoms with E-state index in [1.54, 1.807) is 0 Å². The number of likely N-dealkylation sites (tertiary alicyclic amines) is 2. The van der Waals surface area contributed by atoms with E-state index < -0.39 is 0 Å². The van der Waals surface area contributed by atoms with Crippen molar-refractivity contribution < 1.29 is 0 Å². The summed E-state index contributed by atoms with van der Waals surface area (Å²) in [5, 5.41) is 0. The van der Waals surface area contributed by atoms with Crippen LogP contribution in [0.1, 0.15) is 46.0 Å². The second-order valence-electron chi connectivity index (χ2n) is 6.24. The molecule has 0 bridgehead atoms. The molecule has 2 aliphatic heterocycles. The molecule has 0 atom stereocenters. The van der Waals surface area contributed by atoms with Gasteiger partial charge in [0.2, 0.25) is 0 Å². The third-order valence-corrected chi connectivity index (χ3v) is 4.78. The molecule has 20 heavy (non-hydrogen) atoms. The highest BCUT2D eigenvalue weighted by molar-refractivity contribution is 5.22. The van der Waals surface area contributed by atoms with Crippen molar-refractivity contribution in [3.05, 3.63) is 36.1 Å². The summed E-state index contributed by atoms with van der Waals surface area (Å²) in [6.45, 7) is 13.2. The maximum absolute atomic E-state index is 3.80. The van der Waals surface area contributed by atoms with Crippen molar-refractivity contribution in [1.82, 2.24) is 9.80 Å². The van der Waals surface area contributed by atoms with Gasteiger partial charge < -0.3 is 9.80 Å². The molecule has 0 radical (unpaired) electrons. The van der Waals surface area contributed by atoms with Gasteiger partial charge in [0.05, 0.1) is 0 Å². The maximum Gasteiger partial charge on any atom is 0.0189 e. The lowest BCUT2D eigenvalue weighted by Crippen LogP contribution is -2.46. The lowest BCUT2D eigenvalue weighted by atomic mass is 9.99. The fourth-order valence-corrected chi connectivity index (χ4v) is 3.29. The Bertz CT molecular complexity index is 367. The van der Waals surface area contributed by atoms with Gasteiger partial charge in [0.1, 0.15) is 0 Å². The zero-order chi connectivity index (χ0) is 14.4. The van der Waals surface area contributed by atoms with Crippen LogP contribution >= 0.6 is 0 Å². The Balaban J connectivity index is 1.82. The van der Waals surface area contributed by atoms with Crippen molar-refractivity contribution in [1.29, 1.82) is 0 Å². The first kappa shape index (κ1) is 15.4. The number of hydrogen-bond acceptors (Lipinski definition) is 2. The van der Waals surface area contributed by atoms with Crippen LogP contribution in [-0.4, -0.2) is 42.0 Å². The maximum atomic E-state index is 3.80. The van der Waals surface area contributed by atoms with E-state index in [1.165, 1.54) is 69.6 Å². The molecular weight excluding hydrogens is 244 g/mol.